The fourth-order valence-electron chi connectivity index (χ4n) is 2.58. The first-order valence-electron chi connectivity index (χ1n) is 8.15. The first-order chi connectivity index (χ1) is 11.8. The second kappa shape index (κ2) is 8.72. The van der Waals surface area contributed by atoms with Crippen LogP contribution in [0.25, 0.3) is 0 Å². The standard InChI is InChI=1S/C20H22BrClO3/c1-12-8-13(2)10-16(9-12)25-18(23)6-5-7-24-17-11-14(3)20(22)15(4)19(17)21/h8-11H,5-7H2,1-4H3. The fourth-order valence-corrected chi connectivity index (χ4v) is 3.27. The predicted molar refractivity (Wildman–Crippen MR) is 105 cm³/mol. The van der Waals surface area contributed by atoms with Crippen LogP contribution < -0.4 is 9.47 Å². The molecule has 134 valence electrons. The van der Waals surface area contributed by atoms with Crippen LogP contribution >= 0.6 is 27.5 Å². The van der Waals surface area contributed by atoms with Crippen LogP contribution in [0, 0.1) is 27.7 Å². The molecule has 0 N–H and O–H groups in total. The first kappa shape index (κ1) is 19.8. The molecule has 0 heterocycles. The molecule has 0 saturated carbocycles. The van der Waals surface area contributed by atoms with Crippen molar-refractivity contribution in [1.82, 2.24) is 0 Å². The molecule has 3 nitrogen and oxygen atoms in total. The Bertz CT molecular complexity index is 767. The Morgan fingerprint density at radius 3 is 2.36 bits per heavy atom. The van der Waals surface area contributed by atoms with E-state index in [9.17, 15) is 4.79 Å². The van der Waals surface area contributed by atoms with Crippen molar-refractivity contribution in [3.05, 3.63) is 56.0 Å². The van der Waals surface area contributed by atoms with Gasteiger partial charge in [0.25, 0.3) is 0 Å². The van der Waals surface area contributed by atoms with E-state index in [2.05, 4.69) is 15.9 Å². The molecule has 0 aliphatic rings. The largest absolute Gasteiger partial charge is 0.492 e. The maximum atomic E-state index is 12.0. The number of carbonyl (C=O) groups excluding carboxylic acids is 1. The number of hydrogen-bond acceptors (Lipinski definition) is 3. The van der Waals surface area contributed by atoms with E-state index in [1.54, 1.807) is 0 Å². The van der Waals surface area contributed by atoms with Crippen molar-refractivity contribution in [2.45, 2.75) is 40.5 Å². The lowest BCUT2D eigenvalue weighted by Crippen LogP contribution is -2.10. The molecule has 0 atom stereocenters. The number of halogens is 2. The van der Waals surface area contributed by atoms with Gasteiger partial charge in [0.15, 0.2) is 0 Å². The summed E-state index contributed by atoms with van der Waals surface area (Å²) in [5.74, 6) is 1.08. The molecule has 2 aromatic carbocycles. The van der Waals surface area contributed by atoms with E-state index in [0.717, 1.165) is 37.5 Å². The molecule has 0 aromatic heterocycles. The highest BCUT2D eigenvalue weighted by molar-refractivity contribution is 9.10. The number of ether oxygens (including phenoxy) is 2. The minimum absolute atomic E-state index is 0.254. The minimum Gasteiger partial charge on any atom is -0.492 e. The molecule has 0 amide bonds. The molecule has 0 unspecified atom stereocenters. The van der Waals surface area contributed by atoms with E-state index >= 15 is 0 Å². The molecular weight excluding hydrogens is 404 g/mol. The second-order valence-electron chi connectivity index (χ2n) is 6.19. The summed E-state index contributed by atoms with van der Waals surface area (Å²) in [5.41, 5.74) is 4.06. The number of rotatable bonds is 6. The Labute approximate surface area is 162 Å². The van der Waals surface area contributed by atoms with E-state index in [4.69, 9.17) is 21.1 Å². The van der Waals surface area contributed by atoms with Crippen molar-refractivity contribution in [3.63, 3.8) is 0 Å². The number of benzene rings is 2. The second-order valence-corrected chi connectivity index (χ2v) is 7.37. The maximum Gasteiger partial charge on any atom is 0.311 e. The zero-order valence-corrected chi connectivity index (χ0v) is 17.3. The SMILES string of the molecule is Cc1cc(C)cc(OC(=O)CCCOc2cc(C)c(Cl)c(C)c2Br)c1. The highest BCUT2D eigenvalue weighted by atomic mass is 79.9. The molecule has 2 rings (SSSR count). The molecule has 0 spiro atoms. The van der Waals surface area contributed by atoms with Gasteiger partial charge in [0, 0.05) is 11.4 Å². The highest BCUT2D eigenvalue weighted by Crippen LogP contribution is 2.35. The Morgan fingerprint density at radius 2 is 1.72 bits per heavy atom. The van der Waals surface area contributed by atoms with E-state index in [1.165, 1.54) is 0 Å². The average Bonchev–Trinajstić information content (AvgIpc) is 2.53. The van der Waals surface area contributed by atoms with E-state index in [-0.39, 0.29) is 5.97 Å². The summed E-state index contributed by atoms with van der Waals surface area (Å²) < 4.78 is 12.0. The summed E-state index contributed by atoms with van der Waals surface area (Å²) in [6.07, 6.45) is 0.882. The number of aryl methyl sites for hydroxylation is 3. The van der Waals surface area contributed by atoms with Crippen LogP contribution in [0.5, 0.6) is 11.5 Å². The van der Waals surface area contributed by atoms with E-state index < -0.39 is 0 Å². The monoisotopic (exact) mass is 424 g/mol. The predicted octanol–water partition coefficient (Wildman–Crippen LogP) is 6.10. The summed E-state index contributed by atoms with van der Waals surface area (Å²) in [6.45, 7) is 8.27. The van der Waals surface area contributed by atoms with E-state index in [0.29, 0.717) is 25.2 Å². The van der Waals surface area contributed by atoms with Gasteiger partial charge in [-0.25, -0.2) is 0 Å². The van der Waals surface area contributed by atoms with E-state index in [1.807, 2.05) is 52.0 Å². The molecule has 0 fully saturated rings. The maximum absolute atomic E-state index is 12.0. The summed E-state index contributed by atoms with van der Waals surface area (Å²) in [4.78, 5) is 12.0. The quantitative estimate of drug-likeness (QED) is 0.318. The molecule has 25 heavy (non-hydrogen) atoms. The Morgan fingerprint density at radius 1 is 1.08 bits per heavy atom. The molecule has 2 aromatic rings. The lowest BCUT2D eigenvalue weighted by Gasteiger charge is -2.13. The van der Waals surface area contributed by atoms with Crippen molar-refractivity contribution in [2.24, 2.45) is 0 Å². The smallest absolute Gasteiger partial charge is 0.311 e. The topological polar surface area (TPSA) is 35.5 Å². The summed E-state index contributed by atoms with van der Waals surface area (Å²) in [5, 5.41) is 0.733. The van der Waals surface area contributed by atoms with Gasteiger partial charge in [-0.15, -0.1) is 0 Å². The Kier molecular flexibility index (Phi) is 6.91. The molecule has 0 radical (unpaired) electrons. The number of carbonyl (C=O) groups is 1. The number of esters is 1. The summed E-state index contributed by atoms with van der Waals surface area (Å²) in [7, 11) is 0. The lowest BCUT2D eigenvalue weighted by molar-refractivity contribution is -0.134. The highest BCUT2D eigenvalue weighted by Gasteiger charge is 2.11. The van der Waals surface area contributed by atoms with Crippen molar-refractivity contribution >= 4 is 33.5 Å². The molecule has 0 saturated heterocycles. The molecule has 0 aliphatic heterocycles. The van der Waals surface area contributed by atoms with Gasteiger partial charge in [-0.05, 0) is 90.5 Å². The fraction of sp³-hybridized carbons (Fsp3) is 0.350. The van der Waals surface area contributed by atoms with Crippen molar-refractivity contribution in [1.29, 1.82) is 0 Å². The summed E-state index contributed by atoms with van der Waals surface area (Å²) in [6, 6.07) is 7.65. The molecule has 0 bridgehead atoms. The molecule has 0 aliphatic carbocycles. The zero-order valence-electron chi connectivity index (χ0n) is 14.9. The first-order valence-corrected chi connectivity index (χ1v) is 9.32. The third-order valence-electron chi connectivity index (χ3n) is 3.78. The van der Waals surface area contributed by atoms with Crippen LogP contribution in [0.3, 0.4) is 0 Å². The van der Waals surface area contributed by atoms with Gasteiger partial charge in [-0.1, -0.05) is 17.7 Å². The van der Waals surface area contributed by atoms with Gasteiger partial charge in [-0.3, -0.25) is 4.79 Å². The third kappa shape index (κ3) is 5.48. The van der Waals surface area contributed by atoms with Crippen LogP contribution in [-0.2, 0) is 4.79 Å². The van der Waals surface area contributed by atoms with Crippen molar-refractivity contribution in [3.8, 4) is 11.5 Å². The van der Waals surface area contributed by atoms with Crippen LogP contribution in [0.4, 0.5) is 0 Å². The Hall–Kier alpha value is -1.52. The average molecular weight is 426 g/mol. The van der Waals surface area contributed by atoms with Gasteiger partial charge in [0.1, 0.15) is 11.5 Å². The van der Waals surface area contributed by atoms with Gasteiger partial charge in [-0.2, -0.15) is 0 Å². The Balaban J connectivity index is 1.84. The van der Waals surface area contributed by atoms with Crippen LogP contribution in [0.15, 0.2) is 28.7 Å². The third-order valence-corrected chi connectivity index (χ3v) is 5.35. The van der Waals surface area contributed by atoms with Crippen LogP contribution in [0.2, 0.25) is 5.02 Å². The normalized spacial score (nSPS) is 10.6. The van der Waals surface area contributed by atoms with Gasteiger partial charge < -0.3 is 9.47 Å². The number of hydrogen-bond donors (Lipinski definition) is 0. The minimum atomic E-state index is -0.254. The zero-order chi connectivity index (χ0) is 18.6. The van der Waals surface area contributed by atoms with Gasteiger partial charge in [0.2, 0.25) is 0 Å². The van der Waals surface area contributed by atoms with Crippen LogP contribution in [0.1, 0.15) is 35.1 Å². The van der Waals surface area contributed by atoms with Gasteiger partial charge in [0.05, 0.1) is 11.1 Å². The summed E-state index contributed by atoms with van der Waals surface area (Å²) >= 11 is 9.71. The van der Waals surface area contributed by atoms with Crippen molar-refractivity contribution < 1.29 is 14.3 Å². The molecular formula is C20H22BrClO3. The lowest BCUT2D eigenvalue weighted by atomic mass is 10.1. The van der Waals surface area contributed by atoms with Crippen molar-refractivity contribution in [2.75, 3.05) is 6.61 Å². The van der Waals surface area contributed by atoms with Gasteiger partial charge >= 0.3 is 5.97 Å². The van der Waals surface area contributed by atoms with Crippen LogP contribution in [-0.4, -0.2) is 12.6 Å². The molecule has 5 heteroatoms.